The lowest BCUT2D eigenvalue weighted by molar-refractivity contribution is -0.118. The van der Waals surface area contributed by atoms with E-state index in [9.17, 15) is 4.79 Å². The summed E-state index contributed by atoms with van der Waals surface area (Å²) in [6, 6.07) is 38.1. The predicted octanol–water partition coefficient (Wildman–Crippen LogP) is 7.11. The van der Waals surface area contributed by atoms with Gasteiger partial charge in [-0.25, -0.2) is 24.9 Å². The molecule has 0 saturated carbocycles. The molecule has 0 spiro atoms. The van der Waals surface area contributed by atoms with Crippen LogP contribution in [0.2, 0.25) is 5.04 Å². The molecular weight excluding hydrogens is 717 g/mol. The maximum atomic E-state index is 13.9. The third-order valence-corrected chi connectivity index (χ3v) is 15.0. The highest BCUT2D eigenvalue weighted by molar-refractivity contribution is 6.99. The van der Waals surface area contributed by atoms with Gasteiger partial charge in [0.25, 0.3) is 8.32 Å². The first-order valence-corrected chi connectivity index (χ1v) is 20.4. The van der Waals surface area contributed by atoms with Gasteiger partial charge in [-0.05, 0) is 64.3 Å². The number of hydrogen-bond donors (Lipinski definition) is 1. The van der Waals surface area contributed by atoms with Crippen LogP contribution in [0.4, 0.5) is 5.82 Å². The Balaban J connectivity index is 1.14. The van der Waals surface area contributed by atoms with Gasteiger partial charge in [-0.15, -0.1) is 0 Å². The van der Waals surface area contributed by atoms with Crippen LogP contribution in [-0.4, -0.2) is 62.0 Å². The van der Waals surface area contributed by atoms with Gasteiger partial charge >= 0.3 is 0 Å². The zero-order valence-corrected chi connectivity index (χ0v) is 33.0. The highest BCUT2D eigenvalue weighted by atomic mass is 28.4. The predicted molar refractivity (Wildman–Crippen MR) is 222 cm³/mol. The van der Waals surface area contributed by atoms with Crippen molar-refractivity contribution in [1.82, 2.24) is 34.1 Å². The number of aromatic nitrogens is 7. The molecule has 3 aromatic carbocycles. The number of ether oxygens (including phenoxy) is 1. The molecule has 1 N–H and O–H groups in total. The first-order chi connectivity index (χ1) is 27.1. The van der Waals surface area contributed by atoms with Gasteiger partial charge in [0.05, 0.1) is 25.5 Å². The van der Waals surface area contributed by atoms with Crippen LogP contribution in [0, 0.1) is 6.92 Å². The van der Waals surface area contributed by atoms with E-state index < -0.39 is 8.32 Å². The normalized spacial score (nSPS) is 11.9. The summed E-state index contributed by atoms with van der Waals surface area (Å²) in [7, 11) is -1.28. The van der Waals surface area contributed by atoms with E-state index in [2.05, 4.69) is 55.3 Å². The lowest BCUT2D eigenvalue weighted by atomic mass is 10.2. The summed E-state index contributed by atoms with van der Waals surface area (Å²) < 4.78 is 16.2. The molecule has 5 heterocycles. The molecule has 8 rings (SSSR count). The fourth-order valence-electron chi connectivity index (χ4n) is 7.38. The van der Waals surface area contributed by atoms with E-state index >= 15 is 0 Å². The minimum Gasteiger partial charge on any atom is -0.497 e. The number of aryl methyl sites for hydroxylation is 1. The Kier molecular flexibility index (Phi) is 9.75. The van der Waals surface area contributed by atoms with Gasteiger partial charge in [0.2, 0.25) is 5.91 Å². The minimum atomic E-state index is -2.93. The monoisotopic (exact) mass is 758 g/mol. The van der Waals surface area contributed by atoms with E-state index in [4.69, 9.17) is 29.1 Å². The molecule has 0 atom stereocenters. The fourth-order valence-corrected chi connectivity index (χ4v) is 11.9. The number of methoxy groups -OCH3 is 1. The summed E-state index contributed by atoms with van der Waals surface area (Å²) in [6.07, 6.45) is 5.38. The van der Waals surface area contributed by atoms with Crippen LogP contribution in [0.15, 0.2) is 134 Å². The van der Waals surface area contributed by atoms with Gasteiger partial charge in [0, 0.05) is 23.5 Å². The third kappa shape index (κ3) is 6.84. The van der Waals surface area contributed by atoms with Crippen molar-refractivity contribution < 1.29 is 14.0 Å². The quantitative estimate of drug-likeness (QED) is 0.139. The van der Waals surface area contributed by atoms with Gasteiger partial charge in [0.1, 0.15) is 23.9 Å². The standard InChI is InChI=1S/C44H42N8O3Si/c1-30-13-12-18-36(47-30)41-49-42-39(46-29-51(42)27-31-19-21-32(54-5)22-20-31)43(50-41)52-26-24-35-37(52)23-25-45-40(35)48-38(53)28-55-56(44(2,3)4,33-14-8-6-9-15-33)34-16-10-7-11-17-34/h6-26,29H,27-28H2,1-5H3,(H,45,48,53). The molecule has 0 saturated heterocycles. The Morgan fingerprint density at radius 2 is 1.52 bits per heavy atom. The maximum Gasteiger partial charge on any atom is 0.261 e. The Morgan fingerprint density at radius 1 is 0.804 bits per heavy atom. The smallest absolute Gasteiger partial charge is 0.261 e. The number of benzene rings is 3. The Labute approximate surface area is 326 Å². The molecule has 11 nitrogen and oxygen atoms in total. The molecule has 0 unspecified atom stereocenters. The average Bonchev–Trinajstić information content (AvgIpc) is 3.83. The van der Waals surface area contributed by atoms with E-state index in [0.717, 1.165) is 38.3 Å². The Bertz CT molecular complexity index is 2610. The van der Waals surface area contributed by atoms with Crippen molar-refractivity contribution in [1.29, 1.82) is 0 Å². The first-order valence-electron chi connectivity index (χ1n) is 18.5. The van der Waals surface area contributed by atoms with Crippen molar-refractivity contribution in [2.24, 2.45) is 0 Å². The number of carbonyl (C=O) groups excluding carboxylic acids is 1. The van der Waals surface area contributed by atoms with Crippen LogP contribution < -0.4 is 20.4 Å². The lowest BCUT2D eigenvalue weighted by Gasteiger charge is -2.42. The number of hydrogen-bond acceptors (Lipinski definition) is 8. The van der Waals surface area contributed by atoms with Gasteiger partial charge in [-0.2, -0.15) is 0 Å². The van der Waals surface area contributed by atoms with E-state index in [1.165, 1.54) is 0 Å². The number of fused-ring (bicyclic) bond motifs is 2. The fraction of sp³-hybridized carbons (Fsp3) is 0.182. The SMILES string of the molecule is COc1ccc(Cn2cnc3c(-n4ccc5c(NC(=O)CO[Si](c6ccccc6)(c6ccccc6)C(C)(C)C)nccc54)nc(-c4cccc(C)n4)nc32)cc1. The molecule has 12 heteroatoms. The number of imidazole rings is 1. The second kappa shape index (κ2) is 15.0. The number of anilines is 1. The summed E-state index contributed by atoms with van der Waals surface area (Å²) in [5.41, 5.74) is 4.64. The zero-order chi connectivity index (χ0) is 38.9. The zero-order valence-electron chi connectivity index (χ0n) is 32.0. The Morgan fingerprint density at radius 3 is 2.18 bits per heavy atom. The van der Waals surface area contributed by atoms with Crippen molar-refractivity contribution in [3.05, 3.63) is 145 Å². The van der Waals surface area contributed by atoms with Crippen LogP contribution in [-0.2, 0) is 15.8 Å². The molecule has 280 valence electrons. The molecule has 0 aliphatic heterocycles. The van der Waals surface area contributed by atoms with Gasteiger partial charge in [-0.1, -0.05) is 99.6 Å². The summed E-state index contributed by atoms with van der Waals surface area (Å²) in [6.45, 7) is 8.91. The summed E-state index contributed by atoms with van der Waals surface area (Å²) in [4.78, 5) is 38.1. The van der Waals surface area contributed by atoms with Crippen LogP contribution in [0.1, 0.15) is 32.0 Å². The van der Waals surface area contributed by atoms with Crippen molar-refractivity contribution >= 4 is 52.5 Å². The van der Waals surface area contributed by atoms with Crippen molar-refractivity contribution in [3.63, 3.8) is 0 Å². The molecule has 8 aromatic rings. The van der Waals surface area contributed by atoms with Crippen molar-refractivity contribution in [3.8, 4) is 23.1 Å². The molecule has 56 heavy (non-hydrogen) atoms. The van der Waals surface area contributed by atoms with Gasteiger partial charge < -0.3 is 19.0 Å². The number of amides is 1. The number of nitrogens with zero attached hydrogens (tertiary/aromatic N) is 7. The van der Waals surface area contributed by atoms with Crippen LogP contribution in [0.5, 0.6) is 5.75 Å². The summed E-state index contributed by atoms with van der Waals surface area (Å²) >= 11 is 0. The van der Waals surface area contributed by atoms with Crippen LogP contribution >= 0.6 is 0 Å². The summed E-state index contributed by atoms with van der Waals surface area (Å²) in [5, 5.41) is 5.73. The molecular formula is C44H42N8O3Si. The molecule has 0 fully saturated rings. The van der Waals surface area contributed by atoms with E-state index in [0.29, 0.717) is 40.9 Å². The molecule has 5 aromatic heterocycles. The van der Waals surface area contributed by atoms with E-state index in [-0.39, 0.29) is 17.6 Å². The van der Waals surface area contributed by atoms with Crippen LogP contribution in [0.3, 0.4) is 0 Å². The largest absolute Gasteiger partial charge is 0.497 e. The second-order valence-electron chi connectivity index (χ2n) is 14.7. The topological polar surface area (TPSA) is 122 Å². The highest BCUT2D eigenvalue weighted by Crippen LogP contribution is 2.37. The van der Waals surface area contributed by atoms with Gasteiger partial charge in [-0.3, -0.25) is 9.36 Å². The number of carbonyl (C=O) groups is 1. The van der Waals surface area contributed by atoms with E-state index in [1.807, 2.05) is 113 Å². The second-order valence-corrected chi connectivity index (χ2v) is 19.0. The maximum absolute atomic E-state index is 13.9. The van der Waals surface area contributed by atoms with E-state index in [1.54, 1.807) is 19.6 Å². The van der Waals surface area contributed by atoms with Gasteiger partial charge in [0.15, 0.2) is 22.8 Å². The number of pyridine rings is 2. The van der Waals surface area contributed by atoms with Crippen molar-refractivity contribution in [2.45, 2.75) is 39.3 Å². The lowest BCUT2D eigenvalue weighted by Crippen LogP contribution is -2.67. The Hall–Kier alpha value is -6.50. The molecule has 0 aliphatic carbocycles. The third-order valence-electron chi connectivity index (χ3n) is 10.0. The minimum absolute atomic E-state index is 0.142. The first kappa shape index (κ1) is 36.5. The van der Waals surface area contributed by atoms with Crippen molar-refractivity contribution in [2.75, 3.05) is 19.0 Å². The summed E-state index contributed by atoms with van der Waals surface area (Å²) in [5.74, 6) is 1.97. The molecule has 0 aliphatic rings. The number of nitrogens with one attached hydrogen (secondary N) is 1. The molecule has 1 amide bonds. The average molecular weight is 759 g/mol. The highest BCUT2D eigenvalue weighted by Gasteiger charge is 2.50. The van der Waals surface area contributed by atoms with Crippen LogP contribution in [0.25, 0.3) is 39.4 Å². The molecule has 0 bridgehead atoms. The number of rotatable bonds is 11. The molecule has 0 radical (unpaired) electrons.